The van der Waals surface area contributed by atoms with Gasteiger partial charge in [-0.2, -0.15) is 0 Å². The van der Waals surface area contributed by atoms with Crippen molar-refractivity contribution in [1.29, 1.82) is 0 Å². The van der Waals surface area contributed by atoms with E-state index in [4.69, 9.17) is 4.74 Å². The number of rotatable bonds is 4. The molecule has 2 atom stereocenters. The van der Waals surface area contributed by atoms with Crippen molar-refractivity contribution in [3.63, 3.8) is 0 Å². The number of thiazole rings is 1. The Morgan fingerprint density at radius 2 is 2.04 bits per heavy atom. The number of nitrogens with zero attached hydrogens (tertiary/aromatic N) is 1. The fourth-order valence-corrected chi connectivity index (χ4v) is 4.69. The lowest BCUT2D eigenvalue weighted by molar-refractivity contribution is -0.125. The number of hydrogen-bond acceptors (Lipinski definition) is 4. The van der Waals surface area contributed by atoms with Crippen molar-refractivity contribution in [3.05, 3.63) is 76.3 Å². The van der Waals surface area contributed by atoms with E-state index in [1.807, 2.05) is 38.1 Å². The van der Waals surface area contributed by atoms with Crippen molar-refractivity contribution in [2.75, 3.05) is 12.4 Å². The van der Waals surface area contributed by atoms with Gasteiger partial charge in [0.25, 0.3) is 0 Å². The lowest BCUT2D eigenvalue weighted by Gasteiger charge is -2.31. The van der Waals surface area contributed by atoms with Crippen LogP contribution in [0.25, 0.3) is 0 Å². The normalized spacial score (nSPS) is 20.9. The van der Waals surface area contributed by atoms with Crippen molar-refractivity contribution < 1.29 is 9.53 Å². The van der Waals surface area contributed by atoms with E-state index in [2.05, 4.69) is 34.6 Å². The van der Waals surface area contributed by atoms with Crippen LogP contribution in [0.15, 0.2) is 54.7 Å². The van der Waals surface area contributed by atoms with Gasteiger partial charge in [0.1, 0.15) is 5.75 Å². The van der Waals surface area contributed by atoms with Crippen LogP contribution in [-0.2, 0) is 11.2 Å². The molecule has 0 spiro atoms. The Morgan fingerprint density at radius 1 is 1.26 bits per heavy atom. The summed E-state index contributed by atoms with van der Waals surface area (Å²) >= 11 is 1.50. The third kappa shape index (κ3) is 3.12. The van der Waals surface area contributed by atoms with E-state index in [-0.39, 0.29) is 11.8 Å². The molecular weight excluding hydrogens is 356 g/mol. The maximum Gasteiger partial charge on any atom is 0.233 e. The van der Waals surface area contributed by atoms with Crippen LogP contribution in [0.1, 0.15) is 34.4 Å². The molecule has 0 radical (unpaired) electrons. The maximum absolute atomic E-state index is 13.4. The first-order valence-electron chi connectivity index (χ1n) is 8.97. The highest BCUT2D eigenvalue weighted by Gasteiger charge is 2.49. The number of carbonyl (C=O) groups excluding carboxylic acids is 1. The van der Waals surface area contributed by atoms with E-state index in [1.165, 1.54) is 16.9 Å². The highest BCUT2D eigenvalue weighted by Crippen LogP contribution is 2.52. The Bertz CT molecular complexity index is 983. The van der Waals surface area contributed by atoms with Gasteiger partial charge < -0.3 is 10.1 Å². The van der Waals surface area contributed by atoms with Crippen molar-refractivity contribution in [2.45, 2.75) is 26.2 Å². The van der Waals surface area contributed by atoms with E-state index >= 15 is 0 Å². The van der Waals surface area contributed by atoms with Gasteiger partial charge in [-0.3, -0.25) is 4.79 Å². The minimum absolute atomic E-state index is 0.000805. The topological polar surface area (TPSA) is 51.2 Å². The van der Waals surface area contributed by atoms with Gasteiger partial charge in [0.15, 0.2) is 5.13 Å². The van der Waals surface area contributed by atoms with Gasteiger partial charge in [0.05, 0.1) is 12.5 Å². The van der Waals surface area contributed by atoms with Crippen LogP contribution in [0.5, 0.6) is 5.75 Å². The Morgan fingerprint density at radius 3 is 2.70 bits per heavy atom. The lowest BCUT2D eigenvalue weighted by Crippen LogP contribution is -2.37. The minimum atomic E-state index is -0.602. The van der Waals surface area contributed by atoms with E-state index in [9.17, 15) is 4.79 Å². The standard InChI is InChI=1S/C22H22N2O2S/c1-14-13-23-21(27-14)24-20(25)22(2)12-16-9-10-17(26-3)11-18(16)19(22)15-7-5-4-6-8-15/h4-11,13,19H,12H2,1-3H3,(H,23,24,25). The van der Waals surface area contributed by atoms with Gasteiger partial charge in [0, 0.05) is 17.0 Å². The number of aryl methyl sites for hydroxylation is 1. The number of methoxy groups -OCH3 is 1. The molecule has 3 aromatic rings. The summed E-state index contributed by atoms with van der Waals surface area (Å²) in [5.74, 6) is 0.778. The average molecular weight is 378 g/mol. The lowest BCUT2D eigenvalue weighted by atomic mass is 9.73. The highest BCUT2D eigenvalue weighted by molar-refractivity contribution is 7.15. The molecule has 1 N–H and O–H groups in total. The SMILES string of the molecule is COc1ccc2c(c1)C(c1ccccc1)C(C)(C(=O)Nc1ncc(C)s1)C2. The Labute approximate surface area is 163 Å². The van der Waals surface area contributed by atoms with Crippen molar-refractivity contribution in [2.24, 2.45) is 5.41 Å². The van der Waals surface area contributed by atoms with E-state index in [0.29, 0.717) is 11.6 Å². The van der Waals surface area contributed by atoms with Gasteiger partial charge in [0.2, 0.25) is 5.91 Å². The van der Waals surface area contributed by atoms with Crippen molar-refractivity contribution in [3.8, 4) is 5.75 Å². The second-order valence-corrected chi connectivity index (χ2v) is 8.47. The molecule has 5 heteroatoms. The number of carbonyl (C=O) groups is 1. The van der Waals surface area contributed by atoms with Gasteiger partial charge in [-0.25, -0.2) is 4.98 Å². The monoisotopic (exact) mass is 378 g/mol. The molecule has 138 valence electrons. The fourth-order valence-electron chi connectivity index (χ4n) is 4.03. The zero-order valence-corrected chi connectivity index (χ0v) is 16.5. The van der Waals surface area contributed by atoms with Crippen molar-refractivity contribution >= 4 is 22.4 Å². The van der Waals surface area contributed by atoms with Crippen molar-refractivity contribution in [1.82, 2.24) is 4.98 Å². The first-order valence-corrected chi connectivity index (χ1v) is 9.78. The fraction of sp³-hybridized carbons (Fsp3) is 0.273. The molecule has 2 aromatic carbocycles. The maximum atomic E-state index is 13.4. The molecule has 0 bridgehead atoms. The Kier molecular flexibility index (Phi) is 4.48. The average Bonchev–Trinajstić information content (AvgIpc) is 3.22. The number of aromatic nitrogens is 1. The third-order valence-electron chi connectivity index (χ3n) is 5.35. The highest BCUT2D eigenvalue weighted by atomic mass is 32.1. The number of anilines is 1. The van der Waals surface area contributed by atoms with Crippen LogP contribution in [-0.4, -0.2) is 18.0 Å². The molecule has 0 fully saturated rings. The zero-order valence-electron chi connectivity index (χ0n) is 15.7. The molecule has 1 amide bonds. The molecule has 1 heterocycles. The van der Waals surface area contributed by atoms with Gasteiger partial charge in [-0.05, 0) is 49.1 Å². The Balaban J connectivity index is 1.77. The molecule has 1 aliphatic rings. The zero-order chi connectivity index (χ0) is 19.0. The number of amides is 1. The second kappa shape index (κ2) is 6.82. The predicted octanol–water partition coefficient (Wildman–Crippen LogP) is 4.79. The number of nitrogens with one attached hydrogen (secondary N) is 1. The van der Waals surface area contributed by atoms with Gasteiger partial charge in [-0.15, -0.1) is 11.3 Å². The van der Waals surface area contributed by atoms with Gasteiger partial charge in [-0.1, -0.05) is 36.4 Å². The molecule has 1 aromatic heterocycles. The van der Waals surface area contributed by atoms with E-state index in [0.717, 1.165) is 21.8 Å². The summed E-state index contributed by atoms with van der Waals surface area (Å²) in [6.45, 7) is 4.03. The largest absolute Gasteiger partial charge is 0.497 e. The summed E-state index contributed by atoms with van der Waals surface area (Å²) in [5, 5.41) is 3.70. The number of benzene rings is 2. The Hall–Kier alpha value is -2.66. The van der Waals surface area contributed by atoms with Crippen LogP contribution in [0, 0.1) is 12.3 Å². The molecule has 4 rings (SSSR count). The summed E-state index contributed by atoms with van der Waals surface area (Å²) in [6, 6.07) is 16.4. The molecule has 4 nitrogen and oxygen atoms in total. The predicted molar refractivity (Wildman–Crippen MR) is 109 cm³/mol. The summed E-state index contributed by atoms with van der Waals surface area (Å²) < 4.78 is 5.44. The number of fused-ring (bicyclic) bond motifs is 1. The molecule has 1 aliphatic carbocycles. The number of hydrogen-bond donors (Lipinski definition) is 1. The van der Waals surface area contributed by atoms with Crippen LogP contribution in [0.2, 0.25) is 0 Å². The first-order chi connectivity index (χ1) is 13.0. The van der Waals surface area contributed by atoms with Crippen LogP contribution >= 0.6 is 11.3 Å². The van der Waals surface area contributed by atoms with Crippen LogP contribution < -0.4 is 10.1 Å². The smallest absolute Gasteiger partial charge is 0.233 e. The summed E-state index contributed by atoms with van der Waals surface area (Å²) in [5.41, 5.74) is 2.89. The van der Waals surface area contributed by atoms with E-state index in [1.54, 1.807) is 13.3 Å². The molecule has 2 unspecified atom stereocenters. The first kappa shape index (κ1) is 17.7. The summed E-state index contributed by atoms with van der Waals surface area (Å²) in [6.07, 6.45) is 2.47. The minimum Gasteiger partial charge on any atom is -0.497 e. The molecule has 27 heavy (non-hydrogen) atoms. The van der Waals surface area contributed by atoms with Gasteiger partial charge >= 0.3 is 0 Å². The second-order valence-electron chi connectivity index (χ2n) is 7.23. The molecule has 0 aliphatic heterocycles. The summed E-state index contributed by atoms with van der Waals surface area (Å²) in [4.78, 5) is 18.8. The summed E-state index contributed by atoms with van der Waals surface area (Å²) in [7, 11) is 1.67. The van der Waals surface area contributed by atoms with Crippen LogP contribution in [0.3, 0.4) is 0 Å². The molecular formula is C22H22N2O2S. The number of ether oxygens (including phenoxy) is 1. The third-order valence-corrected chi connectivity index (χ3v) is 6.18. The quantitative estimate of drug-likeness (QED) is 0.710. The van der Waals surface area contributed by atoms with Crippen LogP contribution in [0.4, 0.5) is 5.13 Å². The molecule has 0 saturated heterocycles. The molecule has 0 saturated carbocycles. The van der Waals surface area contributed by atoms with E-state index < -0.39 is 5.41 Å².